The minimum absolute atomic E-state index is 0.299. The summed E-state index contributed by atoms with van der Waals surface area (Å²) >= 11 is 0. The zero-order valence-electron chi connectivity index (χ0n) is 13.9. The number of nitrogens with zero attached hydrogens (tertiary/aromatic N) is 1. The van der Waals surface area contributed by atoms with Crippen molar-refractivity contribution in [1.82, 2.24) is 4.57 Å². The molecule has 1 atom stereocenters. The number of allylic oxidation sites excluding steroid dienone is 1. The second-order valence-electron chi connectivity index (χ2n) is 5.53. The van der Waals surface area contributed by atoms with E-state index in [0.717, 1.165) is 11.4 Å². The summed E-state index contributed by atoms with van der Waals surface area (Å²) in [6, 6.07) is 10.2. The number of aliphatic hydroxyl groups is 1. The lowest BCUT2D eigenvalue weighted by molar-refractivity contribution is -0.152. The highest BCUT2D eigenvalue weighted by Crippen LogP contribution is 2.17. The third-order valence-electron chi connectivity index (χ3n) is 3.87. The Hall–Kier alpha value is -2.66. The topological polar surface area (TPSA) is 68.5 Å². The molecule has 1 aromatic carbocycles. The number of hydrogen-bond acceptors (Lipinski definition) is 4. The van der Waals surface area contributed by atoms with Crippen LogP contribution in [-0.4, -0.2) is 28.0 Å². The van der Waals surface area contributed by atoms with Gasteiger partial charge in [-0.05, 0) is 25.5 Å². The van der Waals surface area contributed by atoms with E-state index in [0.29, 0.717) is 17.7 Å². The van der Waals surface area contributed by atoms with Gasteiger partial charge in [0, 0.05) is 23.5 Å². The number of ketones is 1. The third kappa shape index (κ3) is 3.81. The monoisotopic (exact) mass is 327 g/mol. The molecule has 2 aromatic rings. The first-order chi connectivity index (χ1) is 11.5. The third-order valence-corrected chi connectivity index (χ3v) is 3.87. The summed E-state index contributed by atoms with van der Waals surface area (Å²) in [5.41, 5.74) is 2.68. The average molecular weight is 327 g/mol. The van der Waals surface area contributed by atoms with Gasteiger partial charge in [-0.2, -0.15) is 0 Å². The lowest BCUT2D eigenvalue weighted by Gasteiger charge is -2.10. The number of aromatic nitrogens is 1. The molecule has 0 spiro atoms. The Balaban J connectivity index is 2.02. The van der Waals surface area contributed by atoms with Crippen LogP contribution in [0.2, 0.25) is 0 Å². The quantitative estimate of drug-likeness (QED) is 0.482. The zero-order valence-corrected chi connectivity index (χ0v) is 13.9. The van der Waals surface area contributed by atoms with Crippen molar-refractivity contribution >= 4 is 11.8 Å². The zero-order chi connectivity index (χ0) is 17.7. The Kier molecular flexibility index (Phi) is 5.71. The van der Waals surface area contributed by atoms with E-state index in [2.05, 4.69) is 6.58 Å². The van der Waals surface area contributed by atoms with Gasteiger partial charge in [-0.3, -0.25) is 4.79 Å². The molecule has 0 saturated heterocycles. The number of carbonyl (C=O) groups is 2. The molecular formula is C19H21NO4. The summed E-state index contributed by atoms with van der Waals surface area (Å²) in [4.78, 5) is 24.2. The molecule has 0 amide bonds. The van der Waals surface area contributed by atoms with Crippen molar-refractivity contribution in [3.8, 4) is 0 Å². The molecule has 0 aliphatic rings. The van der Waals surface area contributed by atoms with Gasteiger partial charge in [0.05, 0.1) is 0 Å². The molecule has 0 saturated carbocycles. The fourth-order valence-electron chi connectivity index (χ4n) is 2.56. The summed E-state index contributed by atoms with van der Waals surface area (Å²) in [6.45, 7) is 7.64. The van der Waals surface area contributed by atoms with Crippen molar-refractivity contribution in [1.29, 1.82) is 0 Å². The molecule has 1 N–H and O–H groups in total. The van der Waals surface area contributed by atoms with Crippen LogP contribution in [0.15, 0.2) is 49.1 Å². The molecule has 0 aliphatic heterocycles. The van der Waals surface area contributed by atoms with Gasteiger partial charge >= 0.3 is 5.97 Å². The minimum Gasteiger partial charge on any atom is -0.455 e. The lowest BCUT2D eigenvalue weighted by Crippen LogP contribution is -2.20. The van der Waals surface area contributed by atoms with Gasteiger partial charge in [-0.15, -0.1) is 6.58 Å². The van der Waals surface area contributed by atoms with Crippen LogP contribution in [0.1, 0.15) is 33.4 Å². The van der Waals surface area contributed by atoms with Crippen LogP contribution in [-0.2, 0) is 16.1 Å². The Morgan fingerprint density at radius 1 is 1.29 bits per heavy atom. The number of carbonyl (C=O) groups excluding carboxylic acids is 2. The molecule has 1 aromatic heterocycles. The van der Waals surface area contributed by atoms with Crippen molar-refractivity contribution in [2.24, 2.45) is 0 Å². The maximum Gasteiger partial charge on any atom is 0.340 e. The maximum atomic E-state index is 12.3. The van der Waals surface area contributed by atoms with Gasteiger partial charge < -0.3 is 14.4 Å². The van der Waals surface area contributed by atoms with E-state index in [9.17, 15) is 14.7 Å². The lowest BCUT2D eigenvalue weighted by atomic mass is 10.1. The van der Waals surface area contributed by atoms with Crippen molar-refractivity contribution in [3.05, 3.63) is 71.6 Å². The second-order valence-corrected chi connectivity index (χ2v) is 5.53. The largest absolute Gasteiger partial charge is 0.455 e. The van der Waals surface area contributed by atoms with Crippen LogP contribution in [0.4, 0.5) is 0 Å². The van der Waals surface area contributed by atoms with E-state index < -0.39 is 18.7 Å². The predicted molar refractivity (Wildman–Crippen MR) is 90.8 cm³/mol. The summed E-state index contributed by atoms with van der Waals surface area (Å²) < 4.78 is 6.93. The summed E-state index contributed by atoms with van der Waals surface area (Å²) in [5.74, 6) is -1.14. The molecule has 126 valence electrons. The minimum atomic E-state index is -1.40. The van der Waals surface area contributed by atoms with E-state index in [4.69, 9.17) is 4.74 Å². The molecule has 5 nitrogen and oxygen atoms in total. The van der Waals surface area contributed by atoms with Gasteiger partial charge in [-0.1, -0.05) is 36.4 Å². The van der Waals surface area contributed by atoms with Crippen molar-refractivity contribution in [2.75, 3.05) is 6.61 Å². The molecule has 0 aliphatic carbocycles. The van der Waals surface area contributed by atoms with Crippen molar-refractivity contribution in [3.63, 3.8) is 0 Å². The molecule has 0 radical (unpaired) electrons. The van der Waals surface area contributed by atoms with Gasteiger partial charge in [0.25, 0.3) is 0 Å². The fraction of sp³-hybridized carbons (Fsp3) is 0.263. The number of aliphatic hydroxyl groups excluding tert-OH is 1. The van der Waals surface area contributed by atoms with Gasteiger partial charge in [0.15, 0.2) is 12.7 Å². The number of Topliss-reactive ketones (excluding diaryl/α,β-unsaturated/α-hetero) is 1. The van der Waals surface area contributed by atoms with Crippen molar-refractivity contribution < 1.29 is 19.4 Å². The van der Waals surface area contributed by atoms with Crippen molar-refractivity contribution in [2.45, 2.75) is 26.5 Å². The standard InChI is InChI=1S/C19H21NO4/c1-4-10-20-13(2)11-16(14(20)3)17(21)12-24-19(23)18(22)15-8-6-5-7-9-15/h4-9,11,18,22H,1,10,12H2,2-3H3/t18-/m0/s1. The smallest absolute Gasteiger partial charge is 0.340 e. The number of benzene rings is 1. The number of rotatable bonds is 7. The molecular weight excluding hydrogens is 306 g/mol. The molecule has 24 heavy (non-hydrogen) atoms. The van der Waals surface area contributed by atoms with E-state index in [1.54, 1.807) is 42.5 Å². The van der Waals surface area contributed by atoms with Crippen LogP contribution in [0.25, 0.3) is 0 Å². The second kappa shape index (κ2) is 7.75. The van der Waals surface area contributed by atoms with E-state index >= 15 is 0 Å². The summed E-state index contributed by atoms with van der Waals surface area (Å²) in [5, 5.41) is 9.94. The number of ether oxygens (including phenoxy) is 1. The Bertz CT molecular complexity index is 746. The Morgan fingerprint density at radius 2 is 1.96 bits per heavy atom. The first-order valence-corrected chi connectivity index (χ1v) is 7.66. The fourth-order valence-corrected chi connectivity index (χ4v) is 2.56. The summed E-state index contributed by atoms with van der Waals surface area (Å²) in [7, 11) is 0. The first-order valence-electron chi connectivity index (χ1n) is 7.66. The normalized spacial score (nSPS) is 11.8. The van der Waals surface area contributed by atoms with Gasteiger partial charge in [0.1, 0.15) is 0 Å². The van der Waals surface area contributed by atoms with E-state index in [-0.39, 0.29) is 5.78 Å². The highest BCUT2D eigenvalue weighted by Gasteiger charge is 2.21. The van der Waals surface area contributed by atoms with E-state index in [1.807, 2.05) is 18.4 Å². The van der Waals surface area contributed by atoms with Crippen LogP contribution < -0.4 is 0 Å². The van der Waals surface area contributed by atoms with Gasteiger partial charge in [-0.25, -0.2) is 4.79 Å². The van der Waals surface area contributed by atoms with Crippen LogP contribution >= 0.6 is 0 Å². The first kappa shape index (κ1) is 17.7. The van der Waals surface area contributed by atoms with Crippen LogP contribution in [0.5, 0.6) is 0 Å². The van der Waals surface area contributed by atoms with Gasteiger partial charge in [0.2, 0.25) is 5.78 Å². The van der Waals surface area contributed by atoms with Crippen LogP contribution in [0, 0.1) is 13.8 Å². The Morgan fingerprint density at radius 3 is 2.58 bits per heavy atom. The molecule has 5 heteroatoms. The molecule has 2 rings (SSSR count). The number of aryl methyl sites for hydroxylation is 1. The number of hydrogen-bond donors (Lipinski definition) is 1. The maximum absolute atomic E-state index is 12.3. The number of esters is 1. The highest BCUT2D eigenvalue weighted by molar-refractivity contribution is 5.99. The Labute approximate surface area is 141 Å². The SMILES string of the molecule is C=CCn1c(C)cc(C(=O)COC(=O)[C@@H](O)c2ccccc2)c1C. The average Bonchev–Trinajstić information content (AvgIpc) is 2.88. The molecule has 1 heterocycles. The molecule has 0 bridgehead atoms. The van der Waals surface area contributed by atoms with E-state index in [1.165, 1.54) is 0 Å². The summed E-state index contributed by atoms with van der Waals surface area (Å²) in [6.07, 6.45) is 0.358. The highest BCUT2D eigenvalue weighted by atomic mass is 16.5. The van der Waals surface area contributed by atoms with Crippen LogP contribution in [0.3, 0.4) is 0 Å². The molecule has 0 fully saturated rings. The predicted octanol–water partition coefficient (Wildman–Crippen LogP) is 2.75. The molecule has 0 unspecified atom stereocenters.